The van der Waals surface area contributed by atoms with Gasteiger partial charge in [0.15, 0.2) is 0 Å². The van der Waals surface area contributed by atoms with E-state index < -0.39 is 0 Å². The van der Waals surface area contributed by atoms with Gasteiger partial charge in [-0.3, -0.25) is 4.79 Å². The van der Waals surface area contributed by atoms with Crippen molar-refractivity contribution in [1.29, 1.82) is 0 Å². The van der Waals surface area contributed by atoms with E-state index in [9.17, 15) is 4.79 Å². The van der Waals surface area contributed by atoms with E-state index >= 15 is 0 Å². The summed E-state index contributed by atoms with van der Waals surface area (Å²) in [5, 5.41) is 4.02. The number of nitrogen functional groups attached to an aromatic ring is 1. The Morgan fingerprint density at radius 3 is 2.81 bits per heavy atom. The molecule has 0 aliphatic heterocycles. The van der Waals surface area contributed by atoms with Crippen LogP contribution in [0.5, 0.6) is 0 Å². The average molecular weight is 373 g/mol. The summed E-state index contributed by atoms with van der Waals surface area (Å²) < 4.78 is 1.11. The minimum absolute atomic E-state index is 0.0768. The van der Waals surface area contributed by atoms with Gasteiger partial charge in [0.25, 0.3) is 5.91 Å². The minimum Gasteiger partial charge on any atom is -0.383 e. The lowest BCUT2D eigenvalue weighted by molar-refractivity contribution is 0.0951. The number of aryl methyl sites for hydroxylation is 1. The first-order valence-corrected chi connectivity index (χ1v) is 9.50. The summed E-state index contributed by atoms with van der Waals surface area (Å²) >= 11 is 1.65. The van der Waals surface area contributed by atoms with E-state index in [0.29, 0.717) is 17.9 Å². The Hall–Kier alpha value is -3.18. The molecule has 0 saturated heterocycles. The van der Waals surface area contributed by atoms with Gasteiger partial charge in [0.05, 0.1) is 0 Å². The molecule has 2 aromatic heterocycles. The number of nitrogens with two attached hydrogens (primary N) is 1. The number of benzene rings is 2. The Morgan fingerprint density at radius 2 is 2.00 bits per heavy atom. The van der Waals surface area contributed by atoms with Crippen molar-refractivity contribution in [2.24, 2.45) is 0 Å². The summed E-state index contributed by atoms with van der Waals surface area (Å²) in [4.78, 5) is 17.7. The van der Waals surface area contributed by atoms with Crippen molar-refractivity contribution < 1.29 is 4.79 Å². The van der Waals surface area contributed by atoms with E-state index in [1.807, 2.05) is 55.5 Å². The fraction of sp³-hybridized carbons (Fsp3) is 0.0909. The molecule has 3 N–H and O–H groups in total. The van der Waals surface area contributed by atoms with Gasteiger partial charge < -0.3 is 11.1 Å². The zero-order valence-corrected chi connectivity index (χ0v) is 15.7. The van der Waals surface area contributed by atoms with Crippen molar-refractivity contribution in [2.75, 3.05) is 5.73 Å². The molecule has 2 aromatic carbocycles. The Kier molecular flexibility index (Phi) is 4.60. The zero-order chi connectivity index (χ0) is 18.8. The van der Waals surface area contributed by atoms with Crippen LogP contribution in [0.2, 0.25) is 0 Å². The third-order valence-electron chi connectivity index (χ3n) is 4.42. The first-order valence-electron chi connectivity index (χ1n) is 8.68. The molecule has 0 aliphatic carbocycles. The third-order valence-corrected chi connectivity index (χ3v) is 5.57. The highest BCUT2D eigenvalue weighted by Crippen LogP contribution is 2.35. The highest BCUT2D eigenvalue weighted by atomic mass is 32.1. The van der Waals surface area contributed by atoms with E-state index in [-0.39, 0.29) is 5.91 Å². The van der Waals surface area contributed by atoms with Gasteiger partial charge in [0.2, 0.25) is 0 Å². The third kappa shape index (κ3) is 3.68. The van der Waals surface area contributed by atoms with E-state index in [2.05, 4.69) is 22.4 Å². The molecule has 27 heavy (non-hydrogen) atoms. The van der Waals surface area contributed by atoms with E-state index in [1.54, 1.807) is 17.5 Å². The highest BCUT2D eigenvalue weighted by Gasteiger charge is 2.11. The van der Waals surface area contributed by atoms with Crippen molar-refractivity contribution in [1.82, 2.24) is 10.3 Å². The molecule has 5 heteroatoms. The molecule has 0 unspecified atom stereocenters. The molecular formula is C22H19N3OS. The van der Waals surface area contributed by atoms with Crippen LogP contribution < -0.4 is 11.1 Å². The molecule has 4 aromatic rings. The second kappa shape index (κ2) is 7.21. The van der Waals surface area contributed by atoms with E-state index in [1.165, 1.54) is 5.56 Å². The number of rotatable bonds is 4. The number of amides is 1. The van der Waals surface area contributed by atoms with Crippen LogP contribution in [0.4, 0.5) is 5.82 Å². The van der Waals surface area contributed by atoms with Crippen molar-refractivity contribution in [2.45, 2.75) is 13.5 Å². The smallest absolute Gasteiger partial charge is 0.251 e. The molecule has 0 aliphatic rings. The number of nitrogens with one attached hydrogen (secondary N) is 1. The predicted octanol–water partition coefficient (Wildman–Crippen LogP) is 4.78. The van der Waals surface area contributed by atoms with E-state index in [4.69, 9.17) is 5.73 Å². The quantitative estimate of drug-likeness (QED) is 0.541. The SMILES string of the molecule is Cc1cccc(CNC(=O)c2ccc3sc(-c4cccnc4N)cc3c2)c1. The van der Waals surface area contributed by atoms with Gasteiger partial charge >= 0.3 is 0 Å². The summed E-state index contributed by atoms with van der Waals surface area (Å²) in [5.74, 6) is 0.437. The topological polar surface area (TPSA) is 68.0 Å². The molecule has 4 rings (SSSR count). The number of carbonyl (C=O) groups excluding carboxylic acids is 1. The van der Waals surface area contributed by atoms with E-state index in [0.717, 1.165) is 26.1 Å². The maximum absolute atomic E-state index is 12.5. The number of fused-ring (bicyclic) bond motifs is 1. The average Bonchev–Trinajstić information content (AvgIpc) is 3.09. The lowest BCUT2D eigenvalue weighted by atomic mass is 10.1. The van der Waals surface area contributed by atoms with Gasteiger partial charge in [-0.15, -0.1) is 11.3 Å². The van der Waals surface area contributed by atoms with Crippen molar-refractivity contribution >= 4 is 33.1 Å². The molecule has 1 amide bonds. The van der Waals surface area contributed by atoms with Crippen LogP contribution in [0.25, 0.3) is 20.5 Å². The van der Waals surface area contributed by atoms with Gasteiger partial charge in [-0.25, -0.2) is 4.98 Å². The predicted molar refractivity (Wildman–Crippen MR) is 112 cm³/mol. The molecule has 0 fully saturated rings. The normalized spacial score (nSPS) is 10.9. The van der Waals surface area contributed by atoms with Crippen molar-refractivity contribution in [3.63, 3.8) is 0 Å². The van der Waals surface area contributed by atoms with Crippen LogP contribution >= 0.6 is 11.3 Å². The fourth-order valence-electron chi connectivity index (χ4n) is 3.05. The number of pyridine rings is 1. The summed E-state index contributed by atoms with van der Waals surface area (Å²) in [5.41, 5.74) is 9.84. The second-order valence-corrected chi connectivity index (χ2v) is 7.55. The molecular weight excluding hydrogens is 354 g/mol. The number of anilines is 1. The summed E-state index contributed by atoms with van der Waals surface area (Å²) in [6.07, 6.45) is 1.68. The number of thiophene rings is 1. The molecule has 4 nitrogen and oxygen atoms in total. The Morgan fingerprint density at radius 1 is 1.11 bits per heavy atom. The Bertz CT molecular complexity index is 1130. The lowest BCUT2D eigenvalue weighted by Gasteiger charge is -2.06. The van der Waals surface area contributed by atoms with Crippen LogP contribution in [0.3, 0.4) is 0 Å². The largest absolute Gasteiger partial charge is 0.383 e. The van der Waals surface area contributed by atoms with Gasteiger partial charge in [-0.05, 0) is 54.3 Å². The molecule has 0 radical (unpaired) electrons. The lowest BCUT2D eigenvalue weighted by Crippen LogP contribution is -2.22. The van der Waals surface area contributed by atoms with Gasteiger partial charge in [0, 0.05) is 33.4 Å². The number of carbonyl (C=O) groups is 1. The number of nitrogens with zero attached hydrogens (tertiary/aromatic N) is 1. The number of aromatic nitrogens is 1. The monoisotopic (exact) mass is 373 g/mol. The molecule has 0 atom stereocenters. The Balaban J connectivity index is 1.56. The van der Waals surface area contributed by atoms with Crippen molar-refractivity contribution in [3.8, 4) is 10.4 Å². The van der Waals surface area contributed by atoms with Crippen LogP contribution in [-0.2, 0) is 6.54 Å². The highest BCUT2D eigenvalue weighted by molar-refractivity contribution is 7.22. The van der Waals surface area contributed by atoms with Gasteiger partial charge in [0.1, 0.15) is 5.82 Å². The standard InChI is InChI=1S/C22H19N3OS/c1-14-4-2-5-15(10-14)13-25-22(26)16-7-8-19-17(11-16)12-20(27-19)18-6-3-9-24-21(18)23/h2-12H,13H2,1H3,(H2,23,24)(H,25,26). The van der Waals surface area contributed by atoms with Crippen LogP contribution in [0, 0.1) is 6.92 Å². The molecule has 134 valence electrons. The maximum Gasteiger partial charge on any atom is 0.251 e. The Labute approximate surface area is 161 Å². The molecule has 0 spiro atoms. The number of hydrogen-bond acceptors (Lipinski definition) is 4. The summed E-state index contributed by atoms with van der Waals surface area (Å²) in [6, 6.07) is 19.8. The van der Waals surface area contributed by atoms with Crippen LogP contribution in [0.15, 0.2) is 66.9 Å². The number of hydrogen-bond donors (Lipinski definition) is 2. The van der Waals surface area contributed by atoms with Crippen LogP contribution in [-0.4, -0.2) is 10.9 Å². The first-order chi connectivity index (χ1) is 13.1. The molecule has 0 bridgehead atoms. The molecule has 2 heterocycles. The van der Waals surface area contributed by atoms with Crippen molar-refractivity contribution in [3.05, 3.63) is 83.6 Å². The fourth-order valence-corrected chi connectivity index (χ4v) is 4.13. The summed E-state index contributed by atoms with van der Waals surface area (Å²) in [6.45, 7) is 2.56. The minimum atomic E-state index is -0.0768. The maximum atomic E-state index is 12.5. The second-order valence-electron chi connectivity index (χ2n) is 6.47. The summed E-state index contributed by atoms with van der Waals surface area (Å²) in [7, 11) is 0. The van der Waals surface area contributed by atoms with Gasteiger partial charge in [-0.1, -0.05) is 29.8 Å². The van der Waals surface area contributed by atoms with Crippen LogP contribution in [0.1, 0.15) is 21.5 Å². The first kappa shape index (κ1) is 17.2. The zero-order valence-electron chi connectivity index (χ0n) is 14.9. The van der Waals surface area contributed by atoms with Gasteiger partial charge in [-0.2, -0.15) is 0 Å². The molecule has 0 saturated carbocycles.